The van der Waals surface area contributed by atoms with Crippen LogP contribution in [-0.4, -0.2) is 15.0 Å². The van der Waals surface area contributed by atoms with E-state index in [2.05, 4.69) is 4.72 Å². The normalized spacial score (nSPS) is 13.1. The van der Waals surface area contributed by atoms with Crippen molar-refractivity contribution in [2.24, 2.45) is 5.92 Å². The highest BCUT2D eigenvalue weighted by atomic mass is 35.5. The Morgan fingerprint density at radius 3 is 2.81 bits per heavy atom. The van der Waals surface area contributed by atoms with Crippen LogP contribution >= 0.6 is 11.6 Å². The summed E-state index contributed by atoms with van der Waals surface area (Å²) in [6, 6.07) is 7.91. The molecule has 1 aromatic rings. The monoisotopic (exact) mass is 258 g/mol. The lowest BCUT2D eigenvalue weighted by Crippen LogP contribution is -2.27. The van der Waals surface area contributed by atoms with Crippen molar-refractivity contribution in [1.82, 2.24) is 4.72 Å². The summed E-state index contributed by atoms with van der Waals surface area (Å²) in [4.78, 5) is 0.102. The SMILES string of the molecule is CC(C#N)CNS(=O)(=O)c1cccc(Cl)c1. The fraction of sp³-hybridized carbons (Fsp3) is 0.300. The number of sulfonamides is 1. The maximum absolute atomic E-state index is 11.7. The molecule has 1 unspecified atom stereocenters. The van der Waals surface area contributed by atoms with Crippen LogP contribution in [0.5, 0.6) is 0 Å². The third kappa shape index (κ3) is 3.49. The molecule has 0 aliphatic carbocycles. The zero-order valence-electron chi connectivity index (χ0n) is 8.64. The summed E-state index contributed by atoms with van der Waals surface area (Å²) in [5.41, 5.74) is 0. The van der Waals surface area contributed by atoms with Gasteiger partial charge in [-0.25, -0.2) is 13.1 Å². The van der Waals surface area contributed by atoms with Gasteiger partial charge in [-0.05, 0) is 25.1 Å². The number of benzene rings is 1. The first-order valence-electron chi connectivity index (χ1n) is 4.60. The summed E-state index contributed by atoms with van der Waals surface area (Å²) in [5.74, 6) is -0.367. The average molecular weight is 259 g/mol. The summed E-state index contributed by atoms with van der Waals surface area (Å²) in [7, 11) is -3.57. The molecule has 6 heteroatoms. The van der Waals surface area contributed by atoms with Gasteiger partial charge in [0, 0.05) is 11.6 Å². The second kappa shape index (κ2) is 5.30. The smallest absolute Gasteiger partial charge is 0.210 e. The van der Waals surface area contributed by atoms with Gasteiger partial charge in [0.1, 0.15) is 0 Å². The van der Waals surface area contributed by atoms with Gasteiger partial charge in [-0.1, -0.05) is 17.7 Å². The maximum atomic E-state index is 11.7. The summed E-state index contributed by atoms with van der Waals surface area (Å²) in [5, 5.41) is 8.90. The molecule has 0 aliphatic rings. The van der Waals surface area contributed by atoms with E-state index in [1.54, 1.807) is 19.1 Å². The van der Waals surface area contributed by atoms with E-state index in [0.29, 0.717) is 5.02 Å². The lowest BCUT2D eigenvalue weighted by atomic mass is 10.2. The van der Waals surface area contributed by atoms with Crippen LogP contribution in [0.4, 0.5) is 0 Å². The van der Waals surface area contributed by atoms with Crippen LogP contribution < -0.4 is 4.72 Å². The van der Waals surface area contributed by atoms with E-state index in [4.69, 9.17) is 16.9 Å². The lowest BCUT2D eigenvalue weighted by molar-refractivity contribution is 0.573. The predicted octanol–water partition coefficient (Wildman–Crippen LogP) is 1.78. The van der Waals surface area contributed by atoms with Gasteiger partial charge < -0.3 is 0 Å². The third-order valence-electron chi connectivity index (χ3n) is 1.91. The van der Waals surface area contributed by atoms with Crippen molar-refractivity contribution >= 4 is 21.6 Å². The molecule has 0 saturated carbocycles. The first kappa shape index (κ1) is 13.0. The summed E-state index contributed by atoms with van der Waals surface area (Å²) < 4.78 is 25.8. The van der Waals surface area contributed by atoms with E-state index < -0.39 is 10.0 Å². The number of hydrogen-bond acceptors (Lipinski definition) is 3. The molecule has 1 atom stereocenters. The van der Waals surface area contributed by atoms with Gasteiger partial charge in [0.05, 0.1) is 16.9 Å². The van der Waals surface area contributed by atoms with Crippen molar-refractivity contribution in [1.29, 1.82) is 5.26 Å². The Labute approximate surface area is 99.9 Å². The molecule has 0 amide bonds. The van der Waals surface area contributed by atoms with Crippen molar-refractivity contribution in [2.45, 2.75) is 11.8 Å². The van der Waals surface area contributed by atoms with Crippen LogP contribution in [0, 0.1) is 17.2 Å². The molecule has 1 aromatic carbocycles. The van der Waals surface area contributed by atoms with Gasteiger partial charge in [-0.15, -0.1) is 0 Å². The van der Waals surface area contributed by atoms with Crippen LogP contribution in [0.15, 0.2) is 29.2 Å². The Morgan fingerprint density at radius 2 is 2.25 bits per heavy atom. The average Bonchev–Trinajstić information content (AvgIpc) is 2.26. The Bertz CT molecular complexity index is 508. The highest BCUT2D eigenvalue weighted by molar-refractivity contribution is 7.89. The minimum atomic E-state index is -3.57. The van der Waals surface area contributed by atoms with E-state index in [-0.39, 0.29) is 17.4 Å². The molecular formula is C10H11ClN2O2S. The molecule has 16 heavy (non-hydrogen) atoms. The van der Waals surface area contributed by atoms with Gasteiger partial charge in [0.15, 0.2) is 0 Å². The van der Waals surface area contributed by atoms with E-state index in [9.17, 15) is 8.42 Å². The van der Waals surface area contributed by atoms with Gasteiger partial charge in [0.25, 0.3) is 0 Å². The van der Waals surface area contributed by atoms with Gasteiger partial charge in [-0.3, -0.25) is 0 Å². The summed E-state index contributed by atoms with van der Waals surface area (Å²) in [6.45, 7) is 1.73. The van der Waals surface area contributed by atoms with Gasteiger partial charge in [-0.2, -0.15) is 5.26 Å². The molecule has 4 nitrogen and oxygen atoms in total. The Kier molecular flexibility index (Phi) is 4.30. The van der Waals surface area contributed by atoms with Gasteiger partial charge in [0.2, 0.25) is 10.0 Å². The van der Waals surface area contributed by atoms with Crippen molar-refractivity contribution in [2.75, 3.05) is 6.54 Å². The molecule has 1 rings (SSSR count). The van der Waals surface area contributed by atoms with Gasteiger partial charge >= 0.3 is 0 Å². The first-order valence-corrected chi connectivity index (χ1v) is 6.46. The van der Waals surface area contributed by atoms with Crippen LogP contribution in [0.2, 0.25) is 5.02 Å². The number of nitrogens with one attached hydrogen (secondary N) is 1. The third-order valence-corrected chi connectivity index (χ3v) is 3.56. The molecule has 1 N–H and O–H groups in total. The molecule has 86 valence electrons. The fourth-order valence-corrected chi connectivity index (χ4v) is 2.43. The highest BCUT2D eigenvalue weighted by Crippen LogP contribution is 2.15. The van der Waals surface area contributed by atoms with E-state index >= 15 is 0 Å². The van der Waals surface area contributed by atoms with Crippen LogP contribution in [0.1, 0.15) is 6.92 Å². The van der Waals surface area contributed by atoms with Crippen LogP contribution in [0.25, 0.3) is 0 Å². The molecule has 0 aromatic heterocycles. The largest absolute Gasteiger partial charge is 0.240 e. The number of nitriles is 1. The Morgan fingerprint density at radius 1 is 1.56 bits per heavy atom. The van der Waals surface area contributed by atoms with Crippen LogP contribution in [-0.2, 0) is 10.0 Å². The highest BCUT2D eigenvalue weighted by Gasteiger charge is 2.14. The molecule has 0 saturated heterocycles. The second-order valence-electron chi connectivity index (χ2n) is 3.34. The maximum Gasteiger partial charge on any atom is 0.240 e. The van der Waals surface area contributed by atoms with Crippen LogP contribution in [0.3, 0.4) is 0 Å². The molecule has 0 spiro atoms. The lowest BCUT2D eigenvalue weighted by Gasteiger charge is -2.07. The molecule has 0 fully saturated rings. The van der Waals surface area contributed by atoms with Crippen molar-refractivity contribution in [3.63, 3.8) is 0 Å². The first-order chi connectivity index (χ1) is 7.45. The predicted molar refractivity (Wildman–Crippen MR) is 61.4 cm³/mol. The van der Waals surface area contributed by atoms with E-state index in [0.717, 1.165) is 0 Å². The number of nitrogens with zero attached hydrogens (tertiary/aromatic N) is 1. The topological polar surface area (TPSA) is 70.0 Å². The van der Waals surface area contributed by atoms with Crippen molar-refractivity contribution in [3.8, 4) is 6.07 Å². The zero-order chi connectivity index (χ0) is 12.2. The molecular weight excluding hydrogens is 248 g/mol. The Hall–Kier alpha value is -1.09. The van der Waals surface area contributed by atoms with E-state index in [1.165, 1.54) is 12.1 Å². The summed E-state index contributed by atoms with van der Waals surface area (Å²) in [6.07, 6.45) is 0. The fourth-order valence-electron chi connectivity index (χ4n) is 0.998. The molecule has 0 aliphatic heterocycles. The minimum absolute atomic E-state index is 0.0886. The zero-order valence-corrected chi connectivity index (χ0v) is 10.2. The number of halogens is 1. The standard InChI is InChI=1S/C10H11ClN2O2S/c1-8(6-12)7-13-16(14,15)10-4-2-3-9(11)5-10/h2-5,8,13H,7H2,1H3. The molecule has 0 bridgehead atoms. The second-order valence-corrected chi connectivity index (χ2v) is 5.54. The minimum Gasteiger partial charge on any atom is -0.210 e. The Balaban J connectivity index is 2.83. The number of hydrogen-bond donors (Lipinski definition) is 1. The molecule has 0 heterocycles. The quantitative estimate of drug-likeness (QED) is 0.895. The molecule has 0 radical (unpaired) electrons. The number of rotatable bonds is 4. The van der Waals surface area contributed by atoms with Crippen molar-refractivity contribution < 1.29 is 8.42 Å². The van der Waals surface area contributed by atoms with E-state index in [1.807, 2.05) is 6.07 Å². The summed E-state index contributed by atoms with van der Waals surface area (Å²) >= 11 is 5.70. The van der Waals surface area contributed by atoms with Crippen molar-refractivity contribution in [3.05, 3.63) is 29.3 Å².